The Labute approximate surface area is 95.6 Å². The molecule has 0 aliphatic rings. The van der Waals surface area contributed by atoms with Gasteiger partial charge >= 0.3 is 0 Å². The number of hydrogen-bond acceptors (Lipinski definition) is 3. The zero-order chi connectivity index (χ0) is 11.4. The predicted molar refractivity (Wildman–Crippen MR) is 65.8 cm³/mol. The molecule has 0 atom stereocenters. The van der Waals surface area contributed by atoms with E-state index in [0.29, 0.717) is 5.92 Å². The van der Waals surface area contributed by atoms with Crippen LogP contribution in [0.4, 0.5) is 11.4 Å². The number of hydrogen-bond donors (Lipinski definition) is 1. The molecule has 0 saturated carbocycles. The molecule has 3 nitrogen and oxygen atoms in total. The molecule has 0 fully saturated rings. The monoisotopic (exact) mass is 213 g/mol. The molecule has 0 aliphatic carbocycles. The second kappa shape index (κ2) is 4.75. The highest BCUT2D eigenvalue weighted by Gasteiger charge is 2.05. The van der Waals surface area contributed by atoms with Gasteiger partial charge in [0.25, 0.3) is 0 Å². The van der Waals surface area contributed by atoms with Crippen LogP contribution >= 0.6 is 0 Å². The summed E-state index contributed by atoms with van der Waals surface area (Å²) in [7, 11) is 0. The minimum Gasteiger partial charge on any atom is -0.353 e. The summed E-state index contributed by atoms with van der Waals surface area (Å²) < 4.78 is 0. The highest BCUT2D eigenvalue weighted by Crippen LogP contribution is 2.26. The predicted octanol–water partition coefficient (Wildman–Crippen LogP) is 3.34. The van der Waals surface area contributed by atoms with Gasteiger partial charge in [0.15, 0.2) is 0 Å². The Morgan fingerprint density at radius 1 is 1.06 bits per heavy atom. The molecule has 16 heavy (non-hydrogen) atoms. The summed E-state index contributed by atoms with van der Waals surface area (Å²) in [4.78, 5) is 7.96. The van der Waals surface area contributed by atoms with Gasteiger partial charge in [-0.15, -0.1) is 0 Å². The van der Waals surface area contributed by atoms with Gasteiger partial charge in [-0.1, -0.05) is 32.0 Å². The van der Waals surface area contributed by atoms with Gasteiger partial charge < -0.3 is 5.32 Å². The normalized spacial score (nSPS) is 10.4. The molecule has 2 aromatic rings. The Kier molecular flexibility index (Phi) is 3.15. The highest BCUT2D eigenvalue weighted by molar-refractivity contribution is 5.62. The fraction of sp³-hybridized carbons (Fsp3) is 0.231. The fourth-order valence-electron chi connectivity index (χ4n) is 1.63. The number of aromatic nitrogens is 2. The minimum atomic E-state index is 0.494. The lowest BCUT2D eigenvalue weighted by atomic mass is 10.0. The minimum absolute atomic E-state index is 0.494. The lowest BCUT2D eigenvalue weighted by Gasteiger charge is -2.13. The standard InChI is InChI=1S/C13H15N3/c1-10(2)12-5-3-4-6-13(12)16-11-7-14-9-15-8-11/h3-10,16H,1-2H3. The van der Waals surface area contributed by atoms with Crippen LogP contribution in [0.1, 0.15) is 25.3 Å². The summed E-state index contributed by atoms with van der Waals surface area (Å²) in [5.74, 6) is 0.494. The number of rotatable bonds is 3. The van der Waals surface area contributed by atoms with Crippen molar-refractivity contribution in [2.45, 2.75) is 19.8 Å². The van der Waals surface area contributed by atoms with Crippen molar-refractivity contribution in [1.82, 2.24) is 9.97 Å². The molecular formula is C13H15N3. The van der Waals surface area contributed by atoms with E-state index < -0.39 is 0 Å². The van der Waals surface area contributed by atoms with Crippen LogP contribution in [0, 0.1) is 0 Å². The number of benzene rings is 1. The molecule has 3 heteroatoms. The maximum Gasteiger partial charge on any atom is 0.115 e. The molecule has 1 heterocycles. The molecule has 1 aromatic carbocycles. The maximum absolute atomic E-state index is 3.98. The Morgan fingerprint density at radius 3 is 2.44 bits per heavy atom. The Balaban J connectivity index is 2.28. The first-order valence-electron chi connectivity index (χ1n) is 5.38. The van der Waals surface area contributed by atoms with Crippen molar-refractivity contribution >= 4 is 11.4 Å². The third-order valence-electron chi connectivity index (χ3n) is 2.42. The van der Waals surface area contributed by atoms with E-state index in [2.05, 4.69) is 47.3 Å². The van der Waals surface area contributed by atoms with Crippen molar-refractivity contribution in [1.29, 1.82) is 0 Å². The first kappa shape index (κ1) is 10.6. The van der Waals surface area contributed by atoms with Crippen LogP contribution < -0.4 is 5.32 Å². The van der Waals surface area contributed by atoms with Crippen LogP contribution in [0.25, 0.3) is 0 Å². The zero-order valence-corrected chi connectivity index (χ0v) is 9.51. The first-order chi connectivity index (χ1) is 7.77. The summed E-state index contributed by atoms with van der Waals surface area (Å²) in [6.45, 7) is 4.37. The third kappa shape index (κ3) is 2.37. The van der Waals surface area contributed by atoms with Gasteiger partial charge in [-0.25, -0.2) is 9.97 Å². The van der Waals surface area contributed by atoms with Crippen LogP contribution in [0.5, 0.6) is 0 Å². The Hall–Kier alpha value is -1.90. The van der Waals surface area contributed by atoms with Gasteiger partial charge in [-0.2, -0.15) is 0 Å². The van der Waals surface area contributed by atoms with Crippen LogP contribution in [-0.4, -0.2) is 9.97 Å². The van der Waals surface area contributed by atoms with Crippen LogP contribution in [0.3, 0.4) is 0 Å². The van der Waals surface area contributed by atoms with E-state index in [0.717, 1.165) is 11.4 Å². The molecule has 0 amide bonds. The van der Waals surface area contributed by atoms with Gasteiger partial charge in [-0.05, 0) is 17.5 Å². The molecule has 82 valence electrons. The molecule has 0 bridgehead atoms. The zero-order valence-electron chi connectivity index (χ0n) is 9.51. The smallest absolute Gasteiger partial charge is 0.115 e. The topological polar surface area (TPSA) is 37.8 Å². The SMILES string of the molecule is CC(C)c1ccccc1Nc1cncnc1. The molecule has 0 radical (unpaired) electrons. The molecule has 0 unspecified atom stereocenters. The largest absolute Gasteiger partial charge is 0.353 e. The maximum atomic E-state index is 3.98. The van der Waals surface area contributed by atoms with E-state index in [1.807, 2.05) is 6.07 Å². The molecule has 0 aliphatic heterocycles. The number of nitrogens with one attached hydrogen (secondary N) is 1. The van der Waals surface area contributed by atoms with E-state index in [-0.39, 0.29) is 0 Å². The summed E-state index contributed by atoms with van der Waals surface area (Å²) in [6.07, 6.45) is 5.06. The van der Waals surface area contributed by atoms with Crippen molar-refractivity contribution < 1.29 is 0 Å². The van der Waals surface area contributed by atoms with E-state index in [1.54, 1.807) is 12.4 Å². The van der Waals surface area contributed by atoms with E-state index in [9.17, 15) is 0 Å². The van der Waals surface area contributed by atoms with Crippen molar-refractivity contribution in [3.8, 4) is 0 Å². The molecule has 2 rings (SSSR count). The molecule has 0 saturated heterocycles. The third-order valence-corrected chi connectivity index (χ3v) is 2.42. The molecular weight excluding hydrogens is 198 g/mol. The summed E-state index contributed by atoms with van der Waals surface area (Å²) >= 11 is 0. The van der Waals surface area contributed by atoms with E-state index in [1.165, 1.54) is 11.9 Å². The van der Waals surface area contributed by atoms with Gasteiger partial charge in [0, 0.05) is 5.69 Å². The Bertz CT molecular complexity index is 452. The fourth-order valence-corrected chi connectivity index (χ4v) is 1.63. The van der Waals surface area contributed by atoms with Crippen molar-refractivity contribution in [3.63, 3.8) is 0 Å². The number of nitrogens with zero attached hydrogens (tertiary/aromatic N) is 2. The van der Waals surface area contributed by atoms with Crippen LogP contribution in [-0.2, 0) is 0 Å². The lowest BCUT2D eigenvalue weighted by Crippen LogP contribution is -1.98. The summed E-state index contributed by atoms with van der Waals surface area (Å²) in [6, 6.07) is 8.29. The van der Waals surface area contributed by atoms with Gasteiger partial charge in [0.2, 0.25) is 0 Å². The lowest BCUT2D eigenvalue weighted by molar-refractivity contribution is 0.869. The van der Waals surface area contributed by atoms with Crippen molar-refractivity contribution in [2.24, 2.45) is 0 Å². The summed E-state index contributed by atoms with van der Waals surface area (Å²) in [5.41, 5.74) is 3.33. The molecule has 1 N–H and O–H groups in total. The quantitative estimate of drug-likeness (QED) is 0.849. The molecule has 0 spiro atoms. The molecule has 1 aromatic heterocycles. The van der Waals surface area contributed by atoms with E-state index in [4.69, 9.17) is 0 Å². The van der Waals surface area contributed by atoms with E-state index >= 15 is 0 Å². The van der Waals surface area contributed by atoms with Crippen LogP contribution in [0.15, 0.2) is 43.0 Å². The van der Waals surface area contributed by atoms with Crippen molar-refractivity contribution in [2.75, 3.05) is 5.32 Å². The number of para-hydroxylation sites is 1. The second-order valence-corrected chi connectivity index (χ2v) is 3.99. The first-order valence-corrected chi connectivity index (χ1v) is 5.38. The number of anilines is 2. The van der Waals surface area contributed by atoms with Gasteiger partial charge in [-0.3, -0.25) is 0 Å². The second-order valence-electron chi connectivity index (χ2n) is 3.99. The van der Waals surface area contributed by atoms with Crippen molar-refractivity contribution in [3.05, 3.63) is 48.5 Å². The Morgan fingerprint density at radius 2 is 1.75 bits per heavy atom. The van der Waals surface area contributed by atoms with Gasteiger partial charge in [0.1, 0.15) is 6.33 Å². The van der Waals surface area contributed by atoms with Gasteiger partial charge in [0.05, 0.1) is 18.1 Å². The summed E-state index contributed by atoms with van der Waals surface area (Å²) in [5, 5.41) is 3.33. The van der Waals surface area contributed by atoms with Crippen LogP contribution in [0.2, 0.25) is 0 Å². The average molecular weight is 213 g/mol. The highest BCUT2D eigenvalue weighted by atomic mass is 14.9. The average Bonchev–Trinajstić information content (AvgIpc) is 2.31.